The lowest BCUT2D eigenvalue weighted by Gasteiger charge is -2.44. The third-order valence-electron chi connectivity index (χ3n) is 4.33. The first-order chi connectivity index (χ1) is 10.3. The zero-order valence-electron chi connectivity index (χ0n) is 12.3. The molecule has 0 aromatic carbocycles. The molecule has 10 heteroatoms. The van der Waals surface area contributed by atoms with E-state index < -0.39 is 30.3 Å². The van der Waals surface area contributed by atoms with Crippen molar-refractivity contribution in [1.29, 1.82) is 0 Å². The summed E-state index contributed by atoms with van der Waals surface area (Å²) in [5, 5.41) is 32.0. The van der Waals surface area contributed by atoms with Gasteiger partial charge in [-0.25, -0.2) is 4.98 Å². The number of aromatic nitrogens is 2. The van der Waals surface area contributed by atoms with Crippen molar-refractivity contribution in [1.82, 2.24) is 14.5 Å². The molecule has 3 heterocycles. The standard InChI is InChI=1S/C12H21N5O4S/c1-12(13)15-9-6(11(22)16(12)2)14-4-17(9)10-8(20)7(19)5(3-18)21-10/h4-5,7-8,10-11,15,18-20,22H,3,13H2,1-2H3/t5-,7-,8-,10?,11?,12?/m1/s1. The Bertz CT molecular complexity index is 568. The Morgan fingerprint density at radius 3 is 2.77 bits per heavy atom. The Balaban J connectivity index is 1.97. The van der Waals surface area contributed by atoms with Gasteiger partial charge in [-0.1, -0.05) is 0 Å². The molecular weight excluding hydrogens is 310 g/mol. The third-order valence-corrected chi connectivity index (χ3v) is 4.92. The molecule has 0 spiro atoms. The second-order valence-electron chi connectivity index (χ2n) is 5.87. The van der Waals surface area contributed by atoms with Gasteiger partial charge in [0.25, 0.3) is 0 Å². The van der Waals surface area contributed by atoms with E-state index in [1.807, 2.05) is 11.9 Å². The van der Waals surface area contributed by atoms with Crippen LogP contribution in [0, 0.1) is 0 Å². The molecule has 2 aliphatic heterocycles. The second kappa shape index (κ2) is 5.34. The summed E-state index contributed by atoms with van der Waals surface area (Å²) in [6.07, 6.45) is -2.57. The molecule has 0 amide bonds. The highest BCUT2D eigenvalue weighted by atomic mass is 32.1. The SMILES string of the molecule is CN1C(S)c2ncn(C3O[C@H](CO)[C@@H](O)[C@H]3O)c2NC1(C)N. The Hall–Kier alpha value is -0.880. The lowest BCUT2D eigenvalue weighted by molar-refractivity contribution is -0.0523. The molecule has 22 heavy (non-hydrogen) atoms. The fraction of sp³-hybridized carbons (Fsp3) is 0.750. The number of fused-ring (bicyclic) bond motifs is 1. The average Bonchev–Trinajstić information content (AvgIpc) is 2.99. The number of thiol groups is 1. The molecule has 3 rings (SSSR count). The van der Waals surface area contributed by atoms with Crippen molar-refractivity contribution >= 4 is 18.4 Å². The molecule has 6 atom stereocenters. The number of nitrogens with one attached hydrogen (secondary N) is 1. The summed E-state index contributed by atoms with van der Waals surface area (Å²) < 4.78 is 7.10. The number of rotatable bonds is 2. The van der Waals surface area contributed by atoms with E-state index >= 15 is 0 Å². The predicted octanol–water partition coefficient (Wildman–Crippen LogP) is -1.59. The van der Waals surface area contributed by atoms with E-state index in [0.717, 1.165) is 0 Å². The van der Waals surface area contributed by atoms with Crippen LogP contribution in [0.15, 0.2) is 6.33 Å². The van der Waals surface area contributed by atoms with E-state index in [0.29, 0.717) is 11.5 Å². The van der Waals surface area contributed by atoms with Crippen LogP contribution in [0.25, 0.3) is 0 Å². The lowest BCUT2D eigenvalue weighted by atomic mass is 10.1. The largest absolute Gasteiger partial charge is 0.394 e. The number of hydrogen-bond donors (Lipinski definition) is 6. The maximum atomic E-state index is 10.2. The van der Waals surface area contributed by atoms with Crippen LogP contribution in [0.2, 0.25) is 0 Å². The van der Waals surface area contributed by atoms with E-state index in [4.69, 9.17) is 10.5 Å². The second-order valence-corrected chi connectivity index (χ2v) is 6.36. The monoisotopic (exact) mass is 331 g/mol. The fourth-order valence-electron chi connectivity index (χ4n) is 2.76. The molecule has 3 unspecified atom stereocenters. The van der Waals surface area contributed by atoms with Crippen molar-refractivity contribution in [2.75, 3.05) is 19.0 Å². The molecule has 1 aromatic heterocycles. The Kier molecular flexibility index (Phi) is 3.88. The molecule has 1 saturated heterocycles. The smallest absolute Gasteiger partial charge is 0.165 e. The summed E-state index contributed by atoms with van der Waals surface area (Å²) in [5.41, 5.74) is 6.85. The predicted molar refractivity (Wildman–Crippen MR) is 80.9 cm³/mol. The van der Waals surface area contributed by atoms with Gasteiger partial charge in [0, 0.05) is 0 Å². The first kappa shape index (κ1) is 16.0. The normalized spacial score (nSPS) is 42.2. The summed E-state index contributed by atoms with van der Waals surface area (Å²) in [5.74, 6) is -0.298. The first-order valence-electron chi connectivity index (χ1n) is 6.95. The summed E-state index contributed by atoms with van der Waals surface area (Å²) >= 11 is 4.52. The van der Waals surface area contributed by atoms with Gasteiger partial charge in [0.1, 0.15) is 41.0 Å². The van der Waals surface area contributed by atoms with Crippen molar-refractivity contribution in [3.8, 4) is 0 Å². The average molecular weight is 331 g/mol. The van der Waals surface area contributed by atoms with Crippen molar-refractivity contribution in [2.45, 2.75) is 42.6 Å². The first-order valence-corrected chi connectivity index (χ1v) is 7.47. The quantitative estimate of drug-likeness (QED) is 0.358. The van der Waals surface area contributed by atoms with Gasteiger partial charge in [-0.15, -0.1) is 0 Å². The van der Waals surface area contributed by atoms with Crippen LogP contribution in [0.4, 0.5) is 5.82 Å². The van der Waals surface area contributed by atoms with Gasteiger partial charge in [0.2, 0.25) is 0 Å². The highest BCUT2D eigenvalue weighted by Crippen LogP contribution is 2.41. The zero-order valence-corrected chi connectivity index (χ0v) is 13.2. The topological polar surface area (TPSA) is 129 Å². The number of ether oxygens (including phenoxy) is 1. The molecule has 0 radical (unpaired) electrons. The van der Waals surface area contributed by atoms with Crippen LogP contribution >= 0.6 is 12.6 Å². The molecule has 0 saturated carbocycles. The van der Waals surface area contributed by atoms with Gasteiger partial charge < -0.3 is 25.4 Å². The minimum Gasteiger partial charge on any atom is -0.394 e. The molecule has 2 aliphatic rings. The lowest BCUT2D eigenvalue weighted by Crippen LogP contribution is -2.60. The van der Waals surface area contributed by atoms with Crippen LogP contribution in [-0.4, -0.2) is 67.5 Å². The maximum Gasteiger partial charge on any atom is 0.165 e. The Morgan fingerprint density at radius 1 is 1.50 bits per heavy atom. The summed E-state index contributed by atoms with van der Waals surface area (Å²) in [7, 11) is 1.82. The van der Waals surface area contributed by atoms with E-state index in [2.05, 4.69) is 22.9 Å². The summed E-state index contributed by atoms with van der Waals surface area (Å²) in [6.45, 7) is 1.40. The third kappa shape index (κ3) is 2.22. The van der Waals surface area contributed by atoms with E-state index in [1.165, 1.54) is 6.33 Å². The van der Waals surface area contributed by atoms with Crippen LogP contribution in [0.1, 0.15) is 24.2 Å². The Labute approximate surface area is 133 Å². The van der Waals surface area contributed by atoms with Crippen LogP contribution < -0.4 is 11.1 Å². The fourth-order valence-corrected chi connectivity index (χ4v) is 3.19. The molecule has 1 aromatic rings. The zero-order chi connectivity index (χ0) is 16.2. The van der Waals surface area contributed by atoms with Crippen LogP contribution in [0.3, 0.4) is 0 Å². The van der Waals surface area contributed by atoms with Crippen LogP contribution in [0.5, 0.6) is 0 Å². The number of anilines is 1. The highest BCUT2D eigenvalue weighted by Gasteiger charge is 2.46. The number of imidazole rings is 1. The van der Waals surface area contributed by atoms with E-state index in [1.54, 1.807) is 11.5 Å². The Morgan fingerprint density at radius 2 is 2.18 bits per heavy atom. The number of nitrogens with zero attached hydrogens (tertiary/aromatic N) is 3. The van der Waals surface area contributed by atoms with Gasteiger partial charge in [-0.2, -0.15) is 12.6 Å². The number of aliphatic hydroxyl groups excluding tert-OH is 3. The number of nitrogens with two attached hydrogens (primary N) is 1. The minimum absolute atomic E-state index is 0.329. The number of hydrogen-bond acceptors (Lipinski definition) is 9. The molecule has 0 bridgehead atoms. The maximum absolute atomic E-state index is 10.2. The molecule has 124 valence electrons. The highest BCUT2D eigenvalue weighted by molar-refractivity contribution is 7.80. The van der Waals surface area contributed by atoms with Gasteiger partial charge in [0.15, 0.2) is 6.23 Å². The van der Waals surface area contributed by atoms with Crippen molar-refractivity contribution < 1.29 is 20.1 Å². The number of aliphatic hydroxyl groups is 3. The van der Waals surface area contributed by atoms with Crippen molar-refractivity contribution in [2.24, 2.45) is 5.73 Å². The molecule has 1 fully saturated rings. The molecule has 0 aliphatic carbocycles. The minimum atomic E-state index is -1.18. The van der Waals surface area contributed by atoms with Gasteiger partial charge >= 0.3 is 0 Å². The van der Waals surface area contributed by atoms with Gasteiger partial charge in [-0.05, 0) is 14.0 Å². The van der Waals surface area contributed by atoms with E-state index in [-0.39, 0.29) is 12.0 Å². The van der Waals surface area contributed by atoms with Crippen molar-refractivity contribution in [3.05, 3.63) is 12.0 Å². The van der Waals surface area contributed by atoms with E-state index in [9.17, 15) is 15.3 Å². The molecule has 6 N–H and O–H groups in total. The van der Waals surface area contributed by atoms with Gasteiger partial charge in [0.05, 0.1) is 12.9 Å². The molecule has 9 nitrogen and oxygen atoms in total. The molecular formula is C12H21N5O4S. The van der Waals surface area contributed by atoms with Crippen LogP contribution in [-0.2, 0) is 4.74 Å². The summed E-state index contributed by atoms with van der Waals surface area (Å²) in [6, 6.07) is 0. The van der Waals surface area contributed by atoms with Gasteiger partial charge in [-0.3, -0.25) is 15.2 Å². The summed E-state index contributed by atoms with van der Waals surface area (Å²) in [4.78, 5) is 6.11. The van der Waals surface area contributed by atoms with Crippen molar-refractivity contribution in [3.63, 3.8) is 0 Å².